The molecule has 0 saturated heterocycles. The molecule has 0 unspecified atom stereocenters. The summed E-state index contributed by atoms with van der Waals surface area (Å²) in [6, 6.07) is 13.4. The number of amides is 1. The molecule has 3 rings (SSSR count). The van der Waals surface area contributed by atoms with Gasteiger partial charge >= 0.3 is 6.09 Å². The molecular formula is C18H16ClN3O2. The van der Waals surface area contributed by atoms with Crippen LogP contribution >= 0.6 is 11.6 Å². The Morgan fingerprint density at radius 1 is 1.25 bits per heavy atom. The van der Waals surface area contributed by atoms with Crippen LogP contribution in [-0.2, 0) is 4.74 Å². The third-order valence-corrected chi connectivity index (χ3v) is 3.55. The molecule has 2 aromatic carbocycles. The van der Waals surface area contributed by atoms with Crippen LogP contribution in [0.4, 0.5) is 10.7 Å². The first-order valence-corrected chi connectivity index (χ1v) is 7.89. The Kier molecular flexibility index (Phi) is 4.82. The Hall–Kier alpha value is -2.79. The summed E-state index contributed by atoms with van der Waals surface area (Å²) in [5, 5.41) is 3.26. The van der Waals surface area contributed by atoms with E-state index in [9.17, 15) is 4.79 Å². The highest BCUT2D eigenvalue weighted by molar-refractivity contribution is 6.30. The molecule has 3 aromatic rings. The van der Waals surface area contributed by atoms with E-state index in [4.69, 9.17) is 16.3 Å². The molecule has 0 saturated carbocycles. The first-order chi connectivity index (χ1) is 11.6. The van der Waals surface area contributed by atoms with Crippen molar-refractivity contribution in [3.8, 4) is 0 Å². The quantitative estimate of drug-likeness (QED) is 0.659. The van der Waals surface area contributed by atoms with Gasteiger partial charge in [0.25, 0.3) is 0 Å². The van der Waals surface area contributed by atoms with Crippen molar-refractivity contribution >= 4 is 46.8 Å². The van der Waals surface area contributed by atoms with Crippen LogP contribution in [0.3, 0.4) is 0 Å². The number of hydrogen-bond donors (Lipinski definition) is 2. The van der Waals surface area contributed by atoms with Crippen LogP contribution in [0.25, 0.3) is 23.2 Å². The second kappa shape index (κ2) is 7.19. The second-order valence-corrected chi connectivity index (χ2v) is 5.53. The molecular weight excluding hydrogens is 326 g/mol. The highest BCUT2D eigenvalue weighted by atomic mass is 35.5. The van der Waals surface area contributed by atoms with E-state index in [1.807, 2.05) is 54.6 Å². The molecule has 1 heterocycles. The standard InChI is InChI=1S/C18H16ClN3O2/c1-2-24-18(23)22-17-20-15-9-8-13(11-16(15)21-17)7-6-12-4-3-5-14(19)10-12/h3-11H,2H2,1H3,(H2,20,21,22,23)/b7-6+. The van der Waals surface area contributed by atoms with Crippen molar-refractivity contribution in [2.24, 2.45) is 0 Å². The number of aromatic nitrogens is 2. The van der Waals surface area contributed by atoms with E-state index < -0.39 is 6.09 Å². The molecule has 0 fully saturated rings. The summed E-state index contributed by atoms with van der Waals surface area (Å²) in [6.07, 6.45) is 3.45. The van der Waals surface area contributed by atoms with Crippen LogP contribution in [0, 0.1) is 0 Å². The van der Waals surface area contributed by atoms with Crippen molar-refractivity contribution in [2.75, 3.05) is 11.9 Å². The highest BCUT2D eigenvalue weighted by Gasteiger charge is 2.07. The number of H-pyrrole nitrogens is 1. The summed E-state index contributed by atoms with van der Waals surface area (Å²) in [6.45, 7) is 2.06. The van der Waals surface area contributed by atoms with Gasteiger partial charge in [0.15, 0.2) is 0 Å². The number of anilines is 1. The number of imidazole rings is 1. The van der Waals surface area contributed by atoms with E-state index in [1.165, 1.54) is 0 Å². The van der Waals surface area contributed by atoms with Crippen LogP contribution in [0.2, 0.25) is 5.02 Å². The summed E-state index contributed by atoms with van der Waals surface area (Å²) in [4.78, 5) is 18.8. The van der Waals surface area contributed by atoms with Gasteiger partial charge in [-0.1, -0.05) is 42.0 Å². The van der Waals surface area contributed by atoms with Gasteiger partial charge in [-0.3, -0.25) is 5.32 Å². The zero-order valence-corrected chi connectivity index (χ0v) is 13.8. The summed E-state index contributed by atoms with van der Waals surface area (Å²) >= 11 is 5.98. The Morgan fingerprint density at radius 3 is 2.79 bits per heavy atom. The van der Waals surface area contributed by atoms with Crippen molar-refractivity contribution in [2.45, 2.75) is 6.92 Å². The average molecular weight is 342 g/mol. The summed E-state index contributed by atoms with van der Waals surface area (Å²) in [5.74, 6) is 0.361. The number of halogens is 1. The SMILES string of the molecule is CCOC(=O)Nc1nc2ccc(/C=C/c3cccc(Cl)c3)cc2[nH]1. The predicted molar refractivity (Wildman–Crippen MR) is 97.1 cm³/mol. The summed E-state index contributed by atoms with van der Waals surface area (Å²) < 4.78 is 4.83. The van der Waals surface area contributed by atoms with Crippen molar-refractivity contribution in [3.05, 3.63) is 58.6 Å². The summed E-state index contributed by atoms with van der Waals surface area (Å²) in [7, 11) is 0. The molecule has 2 N–H and O–H groups in total. The fourth-order valence-corrected chi connectivity index (χ4v) is 2.46. The smallest absolute Gasteiger partial charge is 0.413 e. The monoisotopic (exact) mass is 341 g/mol. The van der Waals surface area contributed by atoms with E-state index in [2.05, 4.69) is 15.3 Å². The van der Waals surface area contributed by atoms with E-state index in [1.54, 1.807) is 6.92 Å². The fourth-order valence-electron chi connectivity index (χ4n) is 2.26. The lowest BCUT2D eigenvalue weighted by Gasteiger charge is -2.00. The highest BCUT2D eigenvalue weighted by Crippen LogP contribution is 2.19. The van der Waals surface area contributed by atoms with Crippen molar-refractivity contribution < 1.29 is 9.53 Å². The lowest BCUT2D eigenvalue weighted by molar-refractivity contribution is 0.167. The maximum Gasteiger partial charge on any atom is 0.413 e. The molecule has 5 nitrogen and oxygen atoms in total. The minimum atomic E-state index is -0.530. The van der Waals surface area contributed by atoms with Gasteiger partial charge in [0, 0.05) is 5.02 Å². The van der Waals surface area contributed by atoms with Crippen LogP contribution in [0.15, 0.2) is 42.5 Å². The van der Waals surface area contributed by atoms with Crippen LogP contribution < -0.4 is 5.32 Å². The number of carbonyl (C=O) groups is 1. The lowest BCUT2D eigenvalue weighted by atomic mass is 10.1. The topological polar surface area (TPSA) is 67.0 Å². The maximum absolute atomic E-state index is 11.4. The minimum Gasteiger partial charge on any atom is -0.450 e. The normalized spacial score (nSPS) is 11.1. The van der Waals surface area contributed by atoms with Gasteiger partial charge in [0.2, 0.25) is 5.95 Å². The third kappa shape index (κ3) is 3.94. The zero-order valence-electron chi connectivity index (χ0n) is 13.0. The summed E-state index contributed by atoms with van der Waals surface area (Å²) in [5.41, 5.74) is 3.63. The number of nitrogens with zero attached hydrogens (tertiary/aromatic N) is 1. The number of hydrogen-bond acceptors (Lipinski definition) is 3. The average Bonchev–Trinajstić information content (AvgIpc) is 2.94. The number of ether oxygens (including phenoxy) is 1. The van der Waals surface area contributed by atoms with Gasteiger partial charge in [-0.15, -0.1) is 0 Å². The number of aromatic amines is 1. The lowest BCUT2D eigenvalue weighted by Crippen LogP contribution is -2.14. The fraction of sp³-hybridized carbons (Fsp3) is 0.111. The first-order valence-electron chi connectivity index (χ1n) is 7.51. The number of rotatable bonds is 4. The van der Waals surface area contributed by atoms with Gasteiger partial charge in [0.1, 0.15) is 0 Å². The number of nitrogens with one attached hydrogen (secondary N) is 2. The van der Waals surface area contributed by atoms with Crippen molar-refractivity contribution in [3.63, 3.8) is 0 Å². The van der Waals surface area contributed by atoms with Crippen LogP contribution in [0.5, 0.6) is 0 Å². The molecule has 1 amide bonds. The Labute approximate surface area is 144 Å². The predicted octanol–water partition coefficient (Wildman–Crippen LogP) is 4.96. The van der Waals surface area contributed by atoms with Gasteiger partial charge in [-0.05, 0) is 42.3 Å². The molecule has 6 heteroatoms. The molecule has 0 radical (unpaired) electrons. The number of fused-ring (bicyclic) bond motifs is 1. The van der Waals surface area contributed by atoms with Gasteiger partial charge in [-0.2, -0.15) is 0 Å². The molecule has 1 aromatic heterocycles. The Balaban J connectivity index is 1.79. The Morgan fingerprint density at radius 2 is 2.04 bits per heavy atom. The molecule has 0 aliphatic rings. The molecule has 0 spiro atoms. The maximum atomic E-state index is 11.4. The Bertz CT molecular complexity index is 902. The molecule has 0 aliphatic carbocycles. The number of benzene rings is 2. The van der Waals surface area contributed by atoms with E-state index in [0.29, 0.717) is 17.6 Å². The zero-order chi connectivity index (χ0) is 16.9. The third-order valence-electron chi connectivity index (χ3n) is 3.32. The molecule has 0 atom stereocenters. The van der Waals surface area contributed by atoms with Crippen LogP contribution in [-0.4, -0.2) is 22.7 Å². The van der Waals surface area contributed by atoms with E-state index in [0.717, 1.165) is 22.2 Å². The van der Waals surface area contributed by atoms with Crippen molar-refractivity contribution in [1.29, 1.82) is 0 Å². The molecule has 122 valence electrons. The first kappa shape index (κ1) is 16.1. The van der Waals surface area contributed by atoms with Crippen molar-refractivity contribution in [1.82, 2.24) is 9.97 Å². The van der Waals surface area contributed by atoms with Gasteiger partial charge < -0.3 is 9.72 Å². The van der Waals surface area contributed by atoms with Crippen LogP contribution in [0.1, 0.15) is 18.1 Å². The number of carbonyl (C=O) groups excluding carboxylic acids is 1. The van der Waals surface area contributed by atoms with E-state index >= 15 is 0 Å². The molecule has 0 bridgehead atoms. The minimum absolute atomic E-state index is 0.310. The molecule has 0 aliphatic heterocycles. The van der Waals surface area contributed by atoms with E-state index in [-0.39, 0.29) is 0 Å². The molecule has 24 heavy (non-hydrogen) atoms. The van der Waals surface area contributed by atoms with Gasteiger partial charge in [0.05, 0.1) is 17.6 Å². The van der Waals surface area contributed by atoms with Gasteiger partial charge in [-0.25, -0.2) is 9.78 Å². The second-order valence-electron chi connectivity index (χ2n) is 5.10. The largest absolute Gasteiger partial charge is 0.450 e.